The third kappa shape index (κ3) is 4.01. The Morgan fingerprint density at radius 2 is 2.06 bits per heavy atom. The van der Waals surface area contributed by atoms with Crippen molar-refractivity contribution in [2.75, 3.05) is 5.75 Å². The van der Waals surface area contributed by atoms with Crippen molar-refractivity contribution < 1.29 is 18.3 Å². The second kappa shape index (κ2) is 5.73. The average Bonchev–Trinajstić information content (AvgIpc) is 2.24. The van der Waals surface area contributed by atoms with Crippen molar-refractivity contribution in [2.45, 2.75) is 23.6 Å². The van der Waals surface area contributed by atoms with Gasteiger partial charge in [-0.3, -0.25) is 0 Å². The topological polar surface area (TPSA) is 97.5 Å². The summed E-state index contributed by atoms with van der Waals surface area (Å²) in [5.41, 5.74) is -0.0350. The van der Waals surface area contributed by atoms with Crippen LogP contribution in [0.15, 0.2) is 28.0 Å². The van der Waals surface area contributed by atoms with Crippen molar-refractivity contribution in [1.82, 2.24) is 0 Å². The largest absolute Gasteiger partial charge is 0.478 e. The number of benzene rings is 1. The Kier molecular flexibility index (Phi) is 4.78. The summed E-state index contributed by atoms with van der Waals surface area (Å²) in [6.45, 7) is 4.04. The first-order chi connectivity index (χ1) is 8.21. The van der Waals surface area contributed by atoms with E-state index >= 15 is 0 Å². The fraction of sp³-hybridized carbons (Fsp3) is 0.364. The predicted molar refractivity (Wildman–Crippen MR) is 70.3 cm³/mol. The molecule has 0 saturated carbocycles. The van der Waals surface area contributed by atoms with Gasteiger partial charge in [-0.1, -0.05) is 13.8 Å². The number of carbonyl (C=O) groups is 1. The zero-order valence-corrected chi connectivity index (χ0v) is 11.7. The fourth-order valence-electron chi connectivity index (χ4n) is 1.24. The van der Waals surface area contributed by atoms with Gasteiger partial charge >= 0.3 is 5.97 Å². The third-order valence-corrected chi connectivity index (χ3v) is 4.49. The molecule has 0 aromatic heterocycles. The lowest BCUT2D eigenvalue weighted by molar-refractivity contribution is 0.0693. The maximum atomic E-state index is 11.2. The minimum Gasteiger partial charge on any atom is -0.478 e. The van der Waals surface area contributed by atoms with Crippen molar-refractivity contribution in [3.05, 3.63) is 23.8 Å². The van der Waals surface area contributed by atoms with Gasteiger partial charge in [-0.15, -0.1) is 11.8 Å². The molecule has 0 aliphatic rings. The van der Waals surface area contributed by atoms with Gasteiger partial charge in [0.05, 0.1) is 10.5 Å². The number of nitrogens with two attached hydrogens (primary N) is 1. The molecule has 0 amide bonds. The normalized spacial score (nSPS) is 11.8. The number of carboxylic acids is 1. The summed E-state index contributed by atoms with van der Waals surface area (Å²) in [6.07, 6.45) is 0. The first-order valence-electron chi connectivity index (χ1n) is 5.24. The Morgan fingerprint density at radius 3 is 2.50 bits per heavy atom. The van der Waals surface area contributed by atoms with Crippen LogP contribution < -0.4 is 5.14 Å². The zero-order chi connectivity index (χ0) is 13.9. The highest BCUT2D eigenvalue weighted by Gasteiger charge is 2.16. The second-order valence-electron chi connectivity index (χ2n) is 4.21. The molecule has 0 aliphatic carbocycles. The van der Waals surface area contributed by atoms with Gasteiger partial charge in [0.1, 0.15) is 0 Å². The van der Waals surface area contributed by atoms with Crippen LogP contribution in [-0.2, 0) is 10.0 Å². The monoisotopic (exact) mass is 289 g/mol. The van der Waals surface area contributed by atoms with Gasteiger partial charge < -0.3 is 5.11 Å². The summed E-state index contributed by atoms with van der Waals surface area (Å²) in [7, 11) is -3.88. The molecule has 1 aromatic carbocycles. The lowest BCUT2D eigenvalue weighted by Crippen LogP contribution is -2.13. The molecule has 0 bridgehead atoms. The highest BCUT2D eigenvalue weighted by atomic mass is 32.2. The Hall–Kier alpha value is -1.05. The molecule has 7 heteroatoms. The number of primary sulfonamides is 1. The molecule has 0 aliphatic heterocycles. The van der Waals surface area contributed by atoms with E-state index in [9.17, 15) is 13.2 Å². The van der Waals surface area contributed by atoms with E-state index in [0.29, 0.717) is 10.8 Å². The van der Waals surface area contributed by atoms with Crippen LogP contribution in [0.5, 0.6) is 0 Å². The van der Waals surface area contributed by atoms with Crippen LogP contribution in [0.4, 0.5) is 0 Å². The number of rotatable bonds is 5. The Labute approximate surface area is 110 Å². The summed E-state index contributed by atoms with van der Waals surface area (Å²) in [4.78, 5) is 11.5. The molecule has 0 atom stereocenters. The van der Waals surface area contributed by atoms with E-state index in [0.717, 1.165) is 11.8 Å². The van der Waals surface area contributed by atoms with Gasteiger partial charge in [0.15, 0.2) is 0 Å². The molecule has 0 unspecified atom stereocenters. The summed E-state index contributed by atoms with van der Waals surface area (Å²) in [5.74, 6) is 0.0102. The first-order valence-corrected chi connectivity index (χ1v) is 7.78. The minimum absolute atomic E-state index is 0.0350. The van der Waals surface area contributed by atoms with Crippen molar-refractivity contribution in [3.8, 4) is 0 Å². The van der Waals surface area contributed by atoms with E-state index in [1.54, 1.807) is 0 Å². The van der Waals surface area contributed by atoms with Gasteiger partial charge in [0, 0.05) is 10.6 Å². The standard InChI is InChI=1S/C11H15NO4S2/c1-7(2)6-17-10-4-3-8(18(12,15)16)5-9(10)11(13)14/h3-5,7H,6H2,1-2H3,(H,13,14)(H2,12,15,16). The number of hydrogen-bond acceptors (Lipinski definition) is 4. The fourth-order valence-corrected chi connectivity index (χ4v) is 2.75. The van der Waals surface area contributed by atoms with Crippen LogP contribution in [0.25, 0.3) is 0 Å². The van der Waals surface area contributed by atoms with E-state index in [2.05, 4.69) is 0 Å². The molecular formula is C11H15NO4S2. The van der Waals surface area contributed by atoms with Crippen LogP contribution >= 0.6 is 11.8 Å². The van der Waals surface area contributed by atoms with E-state index in [1.807, 2.05) is 13.8 Å². The number of sulfonamides is 1. The van der Waals surface area contributed by atoms with E-state index < -0.39 is 16.0 Å². The number of thioether (sulfide) groups is 1. The molecule has 0 fully saturated rings. The Bertz CT molecular complexity index is 552. The molecule has 1 rings (SSSR count). The molecule has 0 heterocycles. The number of aromatic carboxylic acids is 1. The minimum atomic E-state index is -3.88. The predicted octanol–water partition coefficient (Wildman–Crippen LogP) is 1.78. The Balaban J connectivity index is 3.17. The van der Waals surface area contributed by atoms with E-state index in [-0.39, 0.29) is 10.5 Å². The Morgan fingerprint density at radius 1 is 1.44 bits per heavy atom. The van der Waals surface area contributed by atoms with Crippen LogP contribution in [0.2, 0.25) is 0 Å². The van der Waals surface area contributed by atoms with Crippen molar-refractivity contribution >= 4 is 27.8 Å². The summed E-state index contributed by atoms with van der Waals surface area (Å²) >= 11 is 1.39. The van der Waals surface area contributed by atoms with E-state index in [1.165, 1.54) is 23.9 Å². The van der Waals surface area contributed by atoms with Crippen molar-refractivity contribution in [2.24, 2.45) is 11.1 Å². The molecule has 3 N–H and O–H groups in total. The van der Waals surface area contributed by atoms with Crippen LogP contribution in [0.3, 0.4) is 0 Å². The van der Waals surface area contributed by atoms with Gasteiger partial charge in [0.25, 0.3) is 0 Å². The lowest BCUT2D eigenvalue weighted by Gasteiger charge is -2.09. The van der Waals surface area contributed by atoms with Crippen LogP contribution in [-0.4, -0.2) is 25.2 Å². The molecule has 5 nitrogen and oxygen atoms in total. The molecule has 0 radical (unpaired) electrons. The molecular weight excluding hydrogens is 274 g/mol. The first kappa shape index (κ1) is 15.0. The summed E-state index contributed by atoms with van der Waals surface area (Å²) < 4.78 is 22.3. The van der Waals surface area contributed by atoms with E-state index in [4.69, 9.17) is 10.2 Å². The third-order valence-electron chi connectivity index (χ3n) is 2.08. The summed E-state index contributed by atoms with van der Waals surface area (Å²) in [6, 6.07) is 3.90. The van der Waals surface area contributed by atoms with Crippen molar-refractivity contribution in [1.29, 1.82) is 0 Å². The molecule has 0 spiro atoms. The molecule has 18 heavy (non-hydrogen) atoms. The molecule has 100 valence electrons. The maximum absolute atomic E-state index is 11.2. The SMILES string of the molecule is CC(C)CSc1ccc(S(N)(=O)=O)cc1C(=O)O. The highest BCUT2D eigenvalue weighted by Crippen LogP contribution is 2.26. The lowest BCUT2D eigenvalue weighted by atomic mass is 10.2. The smallest absolute Gasteiger partial charge is 0.336 e. The maximum Gasteiger partial charge on any atom is 0.336 e. The van der Waals surface area contributed by atoms with Gasteiger partial charge in [-0.05, 0) is 24.1 Å². The molecule has 0 saturated heterocycles. The van der Waals surface area contributed by atoms with Gasteiger partial charge in [0.2, 0.25) is 10.0 Å². The highest BCUT2D eigenvalue weighted by molar-refractivity contribution is 7.99. The van der Waals surface area contributed by atoms with Gasteiger partial charge in [-0.2, -0.15) is 0 Å². The van der Waals surface area contributed by atoms with Crippen LogP contribution in [0.1, 0.15) is 24.2 Å². The second-order valence-corrected chi connectivity index (χ2v) is 6.84. The zero-order valence-electron chi connectivity index (χ0n) is 10.1. The van der Waals surface area contributed by atoms with Crippen molar-refractivity contribution in [3.63, 3.8) is 0 Å². The average molecular weight is 289 g/mol. The molecule has 1 aromatic rings. The number of carboxylic acid groups (broad SMARTS) is 1. The quantitative estimate of drug-likeness (QED) is 0.805. The van der Waals surface area contributed by atoms with Crippen LogP contribution in [0, 0.1) is 5.92 Å². The summed E-state index contributed by atoms with van der Waals surface area (Å²) in [5, 5.41) is 14.0. The number of hydrogen-bond donors (Lipinski definition) is 2. The van der Waals surface area contributed by atoms with Gasteiger partial charge in [-0.25, -0.2) is 18.4 Å².